The SMILES string of the molecule is CCOC(=O)/C=C/c1ccccc1[C@H](OC[C@@H](C)O)C1CC1. The van der Waals surface area contributed by atoms with E-state index < -0.39 is 6.10 Å². The molecule has 0 aliphatic heterocycles. The van der Waals surface area contributed by atoms with Gasteiger partial charge in [-0.15, -0.1) is 0 Å². The number of rotatable bonds is 8. The molecule has 4 nitrogen and oxygen atoms in total. The van der Waals surface area contributed by atoms with Crippen LogP contribution in [0.3, 0.4) is 0 Å². The van der Waals surface area contributed by atoms with E-state index in [0.29, 0.717) is 19.1 Å². The van der Waals surface area contributed by atoms with Gasteiger partial charge in [-0.1, -0.05) is 24.3 Å². The molecular weight excluding hydrogens is 280 g/mol. The Labute approximate surface area is 131 Å². The van der Waals surface area contributed by atoms with Crippen molar-refractivity contribution in [1.29, 1.82) is 0 Å². The Balaban J connectivity index is 2.16. The summed E-state index contributed by atoms with van der Waals surface area (Å²) >= 11 is 0. The lowest BCUT2D eigenvalue weighted by atomic mass is 9.98. The van der Waals surface area contributed by atoms with E-state index in [1.54, 1.807) is 19.9 Å². The first kappa shape index (κ1) is 16.7. The molecule has 1 saturated carbocycles. The number of aliphatic hydroxyl groups is 1. The molecule has 120 valence electrons. The van der Waals surface area contributed by atoms with Crippen LogP contribution in [0.4, 0.5) is 0 Å². The van der Waals surface area contributed by atoms with E-state index in [0.717, 1.165) is 24.0 Å². The molecule has 0 spiro atoms. The van der Waals surface area contributed by atoms with Gasteiger partial charge in [-0.25, -0.2) is 4.79 Å². The molecule has 1 N–H and O–H groups in total. The highest BCUT2D eigenvalue weighted by molar-refractivity contribution is 5.87. The van der Waals surface area contributed by atoms with Crippen molar-refractivity contribution >= 4 is 12.0 Å². The number of carbonyl (C=O) groups excluding carboxylic acids is 1. The van der Waals surface area contributed by atoms with Gasteiger partial charge in [0.15, 0.2) is 0 Å². The highest BCUT2D eigenvalue weighted by Gasteiger charge is 2.34. The van der Waals surface area contributed by atoms with Crippen molar-refractivity contribution < 1.29 is 19.4 Å². The van der Waals surface area contributed by atoms with Crippen molar-refractivity contribution in [2.24, 2.45) is 5.92 Å². The van der Waals surface area contributed by atoms with Crippen molar-refractivity contribution in [3.05, 3.63) is 41.5 Å². The third-order valence-electron chi connectivity index (χ3n) is 3.56. The first-order chi connectivity index (χ1) is 10.6. The Morgan fingerprint density at radius 3 is 2.77 bits per heavy atom. The maximum atomic E-state index is 11.5. The molecule has 0 bridgehead atoms. The zero-order chi connectivity index (χ0) is 15.9. The van der Waals surface area contributed by atoms with Crippen molar-refractivity contribution in [3.8, 4) is 0 Å². The van der Waals surface area contributed by atoms with Gasteiger partial charge in [0.25, 0.3) is 0 Å². The quantitative estimate of drug-likeness (QED) is 0.592. The molecule has 0 heterocycles. The number of aliphatic hydroxyl groups excluding tert-OH is 1. The van der Waals surface area contributed by atoms with Crippen LogP contribution in [-0.4, -0.2) is 30.4 Å². The summed E-state index contributed by atoms with van der Waals surface area (Å²) in [4.78, 5) is 11.5. The Hall–Kier alpha value is -1.65. The summed E-state index contributed by atoms with van der Waals surface area (Å²) in [7, 11) is 0. The molecule has 0 unspecified atom stereocenters. The van der Waals surface area contributed by atoms with Crippen LogP contribution in [-0.2, 0) is 14.3 Å². The number of benzene rings is 1. The molecule has 1 aromatic rings. The number of esters is 1. The van der Waals surface area contributed by atoms with Gasteiger partial charge in [0, 0.05) is 6.08 Å². The minimum absolute atomic E-state index is 0.0300. The van der Waals surface area contributed by atoms with E-state index in [1.165, 1.54) is 6.08 Å². The number of carbonyl (C=O) groups is 1. The Morgan fingerprint density at radius 2 is 2.14 bits per heavy atom. The smallest absolute Gasteiger partial charge is 0.330 e. The highest BCUT2D eigenvalue weighted by Crippen LogP contribution is 2.44. The molecule has 22 heavy (non-hydrogen) atoms. The van der Waals surface area contributed by atoms with E-state index in [-0.39, 0.29) is 12.1 Å². The standard InChI is InChI=1S/C18H24O4/c1-3-21-17(20)11-10-14-6-4-5-7-16(14)18(15-8-9-15)22-12-13(2)19/h4-7,10-11,13,15,18-19H,3,8-9,12H2,1-2H3/b11-10+/t13-,18-/m1/s1. The van der Waals surface area contributed by atoms with E-state index in [1.807, 2.05) is 24.3 Å². The van der Waals surface area contributed by atoms with Crippen LogP contribution in [0.1, 0.15) is 43.9 Å². The maximum Gasteiger partial charge on any atom is 0.330 e. The zero-order valence-electron chi connectivity index (χ0n) is 13.2. The maximum absolute atomic E-state index is 11.5. The summed E-state index contributed by atoms with van der Waals surface area (Å²) in [6.45, 7) is 4.19. The molecule has 1 aliphatic carbocycles. The lowest BCUT2D eigenvalue weighted by Gasteiger charge is -2.21. The lowest BCUT2D eigenvalue weighted by molar-refractivity contribution is -0.137. The predicted octanol–water partition coefficient (Wildman–Crippen LogP) is 3.11. The fourth-order valence-corrected chi connectivity index (χ4v) is 2.39. The first-order valence-corrected chi connectivity index (χ1v) is 7.85. The van der Waals surface area contributed by atoms with Gasteiger partial charge < -0.3 is 14.6 Å². The van der Waals surface area contributed by atoms with Crippen molar-refractivity contribution in [2.75, 3.05) is 13.2 Å². The molecule has 4 heteroatoms. The second-order valence-corrected chi connectivity index (χ2v) is 5.65. The van der Waals surface area contributed by atoms with Gasteiger partial charge in [0.2, 0.25) is 0 Å². The van der Waals surface area contributed by atoms with Gasteiger partial charge >= 0.3 is 5.97 Å². The average molecular weight is 304 g/mol. The molecule has 0 aromatic heterocycles. The van der Waals surface area contributed by atoms with Crippen LogP contribution in [0.25, 0.3) is 6.08 Å². The Bertz CT molecular complexity index is 518. The molecular formula is C18H24O4. The Morgan fingerprint density at radius 1 is 1.41 bits per heavy atom. The topological polar surface area (TPSA) is 55.8 Å². The average Bonchev–Trinajstić information content (AvgIpc) is 3.31. The van der Waals surface area contributed by atoms with Crippen LogP contribution < -0.4 is 0 Å². The molecule has 0 saturated heterocycles. The lowest BCUT2D eigenvalue weighted by Crippen LogP contribution is -2.16. The summed E-state index contributed by atoms with van der Waals surface area (Å²) in [6.07, 6.45) is 4.98. The molecule has 2 atom stereocenters. The summed E-state index contributed by atoms with van der Waals surface area (Å²) in [6, 6.07) is 7.90. The van der Waals surface area contributed by atoms with Gasteiger partial charge in [0.1, 0.15) is 0 Å². The van der Waals surface area contributed by atoms with Crippen LogP contribution in [0.5, 0.6) is 0 Å². The van der Waals surface area contributed by atoms with E-state index in [2.05, 4.69) is 0 Å². The third kappa shape index (κ3) is 4.97. The largest absolute Gasteiger partial charge is 0.463 e. The van der Waals surface area contributed by atoms with Crippen LogP contribution in [0.2, 0.25) is 0 Å². The number of ether oxygens (including phenoxy) is 2. The van der Waals surface area contributed by atoms with Crippen LogP contribution in [0, 0.1) is 5.92 Å². The monoisotopic (exact) mass is 304 g/mol. The van der Waals surface area contributed by atoms with E-state index >= 15 is 0 Å². The van der Waals surface area contributed by atoms with Gasteiger partial charge in [-0.2, -0.15) is 0 Å². The molecule has 0 amide bonds. The minimum Gasteiger partial charge on any atom is -0.463 e. The summed E-state index contributed by atoms with van der Waals surface area (Å²) in [5, 5.41) is 9.45. The molecule has 1 fully saturated rings. The fourth-order valence-electron chi connectivity index (χ4n) is 2.39. The Kier molecular flexibility index (Phi) is 6.16. The second kappa shape index (κ2) is 8.11. The minimum atomic E-state index is -0.483. The molecule has 0 radical (unpaired) electrons. The predicted molar refractivity (Wildman–Crippen MR) is 85.2 cm³/mol. The number of hydrogen-bond donors (Lipinski definition) is 1. The van der Waals surface area contributed by atoms with Crippen molar-refractivity contribution in [2.45, 2.75) is 38.9 Å². The third-order valence-corrected chi connectivity index (χ3v) is 3.56. The van der Waals surface area contributed by atoms with Crippen LogP contribution in [0.15, 0.2) is 30.3 Å². The second-order valence-electron chi connectivity index (χ2n) is 5.65. The van der Waals surface area contributed by atoms with Crippen LogP contribution >= 0.6 is 0 Å². The van der Waals surface area contributed by atoms with Gasteiger partial charge in [-0.3, -0.25) is 0 Å². The van der Waals surface area contributed by atoms with Crippen molar-refractivity contribution in [3.63, 3.8) is 0 Å². The van der Waals surface area contributed by atoms with Gasteiger partial charge in [-0.05, 0) is 49.8 Å². The molecule has 2 rings (SSSR count). The molecule has 1 aliphatic rings. The van der Waals surface area contributed by atoms with E-state index in [9.17, 15) is 9.90 Å². The summed E-state index contributed by atoms with van der Waals surface area (Å²) < 4.78 is 10.8. The summed E-state index contributed by atoms with van der Waals surface area (Å²) in [5.41, 5.74) is 2.02. The zero-order valence-corrected chi connectivity index (χ0v) is 13.2. The fraction of sp³-hybridized carbons (Fsp3) is 0.500. The molecule has 1 aromatic carbocycles. The number of hydrogen-bond acceptors (Lipinski definition) is 4. The van der Waals surface area contributed by atoms with Gasteiger partial charge in [0.05, 0.1) is 25.4 Å². The highest BCUT2D eigenvalue weighted by atomic mass is 16.5. The van der Waals surface area contributed by atoms with E-state index in [4.69, 9.17) is 9.47 Å². The first-order valence-electron chi connectivity index (χ1n) is 7.85. The normalized spacial score (nSPS) is 17.4. The summed E-state index contributed by atoms with van der Waals surface area (Å²) in [5.74, 6) is 0.154. The van der Waals surface area contributed by atoms with Crippen molar-refractivity contribution in [1.82, 2.24) is 0 Å².